The van der Waals surface area contributed by atoms with Crippen LogP contribution in [0.15, 0.2) is 28.8 Å². The lowest BCUT2D eigenvalue weighted by Crippen LogP contribution is -2.36. The number of urea groups is 1. The number of carbonyl (C=O) groups is 1. The lowest BCUT2D eigenvalue weighted by molar-refractivity contribution is 0.185. The Morgan fingerprint density at radius 2 is 1.86 bits per heavy atom. The number of carbonyl (C=O) groups excluding carboxylic acids is 1. The molecule has 0 saturated carbocycles. The number of aromatic nitrogens is 1. The maximum Gasteiger partial charge on any atom is 0.317 e. The average molecular weight is 385 g/mol. The maximum absolute atomic E-state index is 12.4. The predicted molar refractivity (Wildman–Crippen MR) is 110 cm³/mol. The van der Waals surface area contributed by atoms with Crippen molar-refractivity contribution in [2.75, 3.05) is 20.1 Å². The molecule has 0 spiro atoms. The zero-order valence-electron chi connectivity index (χ0n) is 17.5. The third kappa shape index (κ3) is 5.35. The number of amides is 2. The summed E-state index contributed by atoms with van der Waals surface area (Å²) >= 11 is 0. The van der Waals surface area contributed by atoms with Crippen molar-refractivity contribution in [2.24, 2.45) is 5.92 Å². The first kappa shape index (κ1) is 20.4. The summed E-state index contributed by atoms with van der Waals surface area (Å²) in [5.41, 5.74) is 4.24. The molecule has 0 unspecified atom stereocenters. The van der Waals surface area contributed by atoms with Gasteiger partial charge in [0.25, 0.3) is 0 Å². The molecule has 2 aromatic rings. The molecule has 0 aliphatic carbocycles. The van der Waals surface area contributed by atoms with Crippen LogP contribution in [0.5, 0.6) is 0 Å². The molecule has 6 heteroatoms. The van der Waals surface area contributed by atoms with Gasteiger partial charge in [-0.2, -0.15) is 0 Å². The number of likely N-dealkylation sites (tertiary alicyclic amines) is 1. The number of nitrogens with one attached hydrogen (secondary N) is 1. The second-order valence-corrected chi connectivity index (χ2v) is 8.09. The van der Waals surface area contributed by atoms with E-state index in [0.717, 1.165) is 35.0 Å². The molecule has 1 N–H and O–H groups in total. The summed E-state index contributed by atoms with van der Waals surface area (Å²) in [5.74, 6) is 1.62. The van der Waals surface area contributed by atoms with Gasteiger partial charge in [0.1, 0.15) is 5.76 Å². The van der Waals surface area contributed by atoms with Crippen molar-refractivity contribution in [3.63, 3.8) is 0 Å². The van der Waals surface area contributed by atoms with E-state index < -0.39 is 0 Å². The van der Waals surface area contributed by atoms with Crippen LogP contribution >= 0.6 is 0 Å². The van der Waals surface area contributed by atoms with Gasteiger partial charge in [0, 0.05) is 25.7 Å². The molecular weight excluding hydrogens is 352 g/mol. The first-order valence-electron chi connectivity index (χ1n) is 10.1. The standard InChI is InChI=1S/C22H32N4O2/c1-16-9-11-26(12-10-16)14-20-7-5-19(6-8-20)13-23-22(27)25(4)15-21-17(2)24-28-18(21)3/h5-8,16H,9-15H2,1-4H3,(H,23,27). The molecule has 28 heavy (non-hydrogen) atoms. The van der Waals surface area contributed by atoms with Crippen molar-refractivity contribution in [3.05, 3.63) is 52.4 Å². The largest absolute Gasteiger partial charge is 0.361 e. The van der Waals surface area contributed by atoms with Crippen molar-refractivity contribution in [3.8, 4) is 0 Å². The van der Waals surface area contributed by atoms with Crippen molar-refractivity contribution in [1.29, 1.82) is 0 Å². The Morgan fingerprint density at radius 1 is 1.21 bits per heavy atom. The molecular formula is C22H32N4O2. The van der Waals surface area contributed by atoms with Gasteiger partial charge in [-0.3, -0.25) is 4.90 Å². The van der Waals surface area contributed by atoms with Gasteiger partial charge >= 0.3 is 6.03 Å². The molecule has 0 radical (unpaired) electrons. The number of hydrogen-bond acceptors (Lipinski definition) is 4. The minimum absolute atomic E-state index is 0.105. The Bertz CT molecular complexity index is 757. The second-order valence-electron chi connectivity index (χ2n) is 8.09. The predicted octanol–water partition coefficient (Wildman–Crippen LogP) is 3.86. The Balaban J connectivity index is 1.45. The van der Waals surface area contributed by atoms with Crippen LogP contribution in [0.2, 0.25) is 0 Å². The van der Waals surface area contributed by atoms with Crippen LogP contribution < -0.4 is 5.32 Å². The minimum atomic E-state index is -0.105. The highest BCUT2D eigenvalue weighted by atomic mass is 16.5. The summed E-state index contributed by atoms with van der Waals surface area (Å²) in [5, 5.41) is 6.92. The number of aryl methyl sites for hydroxylation is 2. The van der Waals surface area contributed by atoms with Crippen molar-refractivity contribution >= 4 is 6.03 Å². The summed E-state index contributed by atoms with van der Waals surface area (Å²) in [6.07, 6.45) is 2.59. The first-order chi connectivity index (χ1) is 13.4. The van der Waals surface area contributed by atoms with E-state index in [1.165, 1.54) is 31.5 Å². The van der Waals surface area contributed by atoms with Crippen LogP contribution in [0.25, 0.3) is 0 Å². The number of nitrogens with zero attached hydrogens (tertiary/aromatic N) is 3. The van der Waals surface area contributed by atoms with Gasteiger partial charge in [0.05, 0.1) is 12.2 Å². The van der Waals surface area contributed by atoms with E-state index in [2.05, 4.69) is 46.6 Å². The molecule has 6 nitrogen and oxygen atoms in total. The number of benzene rings is 1. The van der Waals surface area contributed by atoms with E-state index in [-0.39, 0.29) is 6.03 Å². The molecule has 0 atom stereocenters. The Labute approximate surface area is 167 Å². The van der Waals surface area contributed by atoms with Gasteiger partial charge in [-0.1, -0.05) is 36.3 Å². The van der Waals surface area contributed by atoms with Gasteiger partial charge in [-0.25, -0.2) is 4.79 Å². The highest BCUT2D eigenvalue weighted by molar-refractivity contribution is 5.73. The summed E-state index contributed by atoms with van der Waals surface area (Å²) in [6, 6.07) is 8.46. The molecule has 1 aromatic heterocycles. The number of hydrogen-bond donors (Lipinski definition) is 1. The van der Waals surface area contributed by atoms with Crippen LogP contribution in [-0.2, 0) is 19.6 Å². The molecule has 0 bridgehead atoms. The Morgan fingerprint density at radius 3 is 2.46 bits per heavy atom. The molecule has 1 saturated heterocycles. The van der Waals surface area contributed by atoms with E-state index >= 15 is 0 Å². The van der Waals surface area contributed by atoms with Gasteiger partial charge in [0.15, 0.2) is 0 Å². The van der Waals surface area contributed by atoms with E-state index in [4.69, 9.17) is 4.52 Å². The summed E-state index contributed by atoms with van der Waals surface area (Å²) < 4.78 is 5.16. The lowest BCUT2D eigenvalue weighted by atomic mass is 9.99. The maximum atomic E-state index is 12.4. The fraction of sp³-hybridized carbons (Fsp3) is 0.545. The zero-order chi connectivity index (χ0) is 20.1. The van der Waals surface area contributed by atoms with E-state index in [0.29, 0.717) is 13.1 Å². The van der Waals surface area contributed by atoms with Gasteiger partial charge in [-0.15, -0.1) is 0 Å². The van der Waals surface area contributed by atoms with Crippen molar-refractivity contribution in [2.45, 2.75) is 53.2 Å². The highest BCUT2D eigenvalue weighted by Gasteiger charge is 2.16. The third-order valence-corrected chi connectivity index (χ3v) is 5.67. The fourth-order valence-corrected chi connectivity index (χ4v) is 3.59. The number of rotatable bonds is 6. The van der Waals surface area contributed by atoms with E-state index in [9.17, 15) is 4.79 Å². The van der Waals surface area contributed by atoms with Crippen molar-refractivity contribution < 1.29 is 9.32 Å². The molecule has 3 rings (SSSR count). The average Bonchev–Trinajstić information content (AvgIpc) is 3.01. The van der Waals surface area contributed by atoms with E-state index in [1.807, 2.05) is 13.8 Å². The quantitative estimate of drug-likeness (QED) is 0.821. The molecule has 1 fully saturated rings. The molecule has 2 amide bonds. The second kappa shape index (κ2) is 9.24. The molecule has 1 aliphatic heterocycles. The Hall–Kier alpha value is -2.34. The van der Waals surface area contributed by atoms with Gasteiger partial charge < -0.3 is 14.7 Å². The third-order valence-electron chi connectivity index (χ3n) is 5.67. The fourth-order valence-electron chi connectivity index (χ4n) is 3.59. The summed E-state index contributed by atoms with van der Waals surface area (Å²) in [4.78, 5) is 16.6. The van der Waals surface area contributed by atoms with Crippen LogP contribution in [0.4, 0.5) is 4.79 Å². The molecule has 1 aliphatic rings. The lowest BCUT2D eigenvalue weighted by Gasteiger charge is -2.30. The molecule has 152 valence electrons. The smallest absolute Gasteiger partial charge is 0.317 e. The normalized spacial score (nSPS) is 15.6. The van der Waals surface area contributed by atoms with Crippen LogP contribution in [0.3, 0.4) is 0 Å². The molecule has 2 heterocycles. The summed E-state index contributed by atoms with van der Waals surface area (Å²) in [6.45, 7) is 10.5. The van der Waals surface area contributed by atoms with Crippen LogP contribution in [-0.4, -0.2) is 41.1 Å². The van der Waals surface area contributed by atoms with Crippen molar-refractivity contribution in [1.82, 2.24) is 20.3 Å². The SMILES string of the molecule is Cc1noc(C)c1CN(C)C(=O)NCc1ccc(CN2CCC(C)CC2)cc1. The van der Waals surface area contributed by atoms with Gasteiger partial charge in [0.2, 0.25) is 0 Å². The zero-order valence-corrected chi connectivity index (χ0v) is 17.5. The van der Waals surface area contributed by atoms with Crippen LogP contribution in [0.1, 0.15) is 47.9 Å². The minimum Gasteiger partial charge on any atom is -0.361 e. The first-order valence-corrected chi connectivity index (χ1v) is 10.1. The summed E-state index contributed by atoms with van der Waals surface area (Å²) in [7, 11) is 1.78. The molecule has 1 aromatic carbocycles. The van der Waals surface area contributed by atoms with E-state index in [1.54, 1.807) is 11.9 Å². The topological polar surface area (TPSA) is 61.6 Å². The highest BCUT2D eigenvalue weighted by Crippen LogP contribution is 2.18. The monoisotopic (exact) mass is 384 g/mol. The Kier molecular flexibility index (Phi) is 6.73. The number of piperidine rings is 1. The van der Waals surface area contributed by atoms with Gasteiger partial charge in [-0.05, 0) is 56.8 Å². The van der Waals surface area contributed by atoms with Crippen LogP contribution in [0, 0.1) is 19.8 Å².